The number of benzene rings is 1. The summed E-state index contributed by atoms with van der Waals surface area (Å²) in [5.41, 5.74) is 0.648. The molecule has 1 amide bonds. The Kier molecular flexibility index (Phi) is 4.36. The van der Waals surface area contributed by atoms with Gasteiger partial charge in [-0.15, -0.1) is 10.2 Å². The molecular formula is C15H16Cl2N4O. The second-order valence-corrected chi connectivity index (χ2v) is 6.18. The van der Waals surface area contributed by atoms with Crippen LogP contribution in [0.3, 0.4) is 0 Å². The maximum Gasteiger partial charge on any atom is 0.227 e. The summed E-state index contributed by atoms with van der Waals surface area (Å²) in [7, 11) is 0. The number of fused-ring (bicyclic) bond motifs is 1. The van der Waals surface area contributed by atoms with Crippen LogP contribution < -0.4 is 5.32 Å². The van der Waals surface area contributed by atoms with Gasteiger partial charge in [0.05, 0.1) is 12.5 Å². The molecule has 0 bridgehead atoms. The summed E-state index contributed by atoms with van der Waals surface area (Å²) in [4.78, 5) is 12.4. The highest BCUT2D eigenvalue weighted by molar-refractivity contribution is 6.36. The summed E-state index contributed by atoms with van der Waals surface area (Å²) in [5.74, 6) is 1.22. The van der Waals surface area contributed by atoms with E-state index in [1.807, 2.05) is 0 Å². The number of carbonyl (C=O) groups excluding carboxylic acids is 1. The molecule has 1 atom stereocenters. The number of nitrogens with zero attached hydrogens (tertiary/aromatic N) is 3. The first-order chi connectivity index (χ1) is 10.6. The maximum absolute atomic E-state index is 12.4. The third kappa shape index (κ3) is 2.83. The molecule has 1 aliphatic heterocycles. The molecule has 0 spiro atoms. The van der Waals surface area contributed by atoms with Gasteiger partial charge in [-0.05, 0) is 25.5 Å². The fraction of sp³-hybridized carbons (Fsp3) is 0.400. The summed E-state index contributed by atoms with van der Waals surface area (Å²) < 4.78 is 2.06. The number of aryl methyl sites for hydroxylation is 1. The van der Waals surface area contributed by atoms with Gasteiger partial charge in [0, 0.05) is 28.6 Å². The summed E-state index contributed by atoms with van der Waals surface area (Å²) in [6.45, 7) is 3.06. The van der Waals surface area contributed by atoms with E-state index in [1.165, 1.54) is 0 Å². The maximum atomic E-state index is 12.4. The van der Waals surface area contributed by atoms with E-state index in [-0.39, 0.29) is 5.91 Å². The van der Waals surface area contributed by atoms with Crippen LogP contribution in [-0.2, 0) is 24.3 Å². The van der Waals surface area contributed by atoms with E-state index in [2.05, 4.69) is 20.1 Å². The number of hydrogen-bond donors (Lipinski definition) is 1. The standard InChI is InChI=1S/C15H16Cl2N4O/c1-9(14-10(16)4-2-5-11(14)17)15(22)18-8-13-20-19-12-6-3-7-21(12)13/h2,4-5,9H,3,6-8H2,1H3,(H,18,22). The lowest BCUT2D eigenvalue weighted by Gasteiger charge is -2.15. The Morgan fingerprint density at radius 2 is 2.09 bits per heavy atom. The molecule has 1 aliphatic rings. The van der Waals surface area contributed by atoms with Crippen LogP contribution in [0.15, 0.2) is 18.2 Å². The summed E-state index contributed by atoms with van der Waals surface area (Å²) in [6, 6.07) is 5.23. The molecule has 5 nitrogen and oxygen atoms in total. The van der Waals surface area contributed by atoms with Gasteiger partial charge in [0.2, 0.25) is 5.91 Å². The minimum Gasteiger partial charge on any atom is -0.348 e. The van der Waals surface area contributed by atoms with Crippen molar-refractivity contribution in [3.63, 3.8) is 0 Å². The van der Waals surface area contributed by atoms with Gasteiger partial charge in [0.15, 0.2) is 5.82 Å². The van der Waals surface area contributed by atoms with Crippen LogP contribution in [-0.4, -0.2) is 20.7 Å². The number of hydrogen-bond acceptors (Lipinski definition) is 3. The number of carbonyl (C=O) groups is 1. The molecule has 0 radical (unpaired) electrons. The minimum atomic E-state index is -0.429. The van der Waals surface area contributed by atoms with Crippen LogP contribution in [0.5, 0.6) is 0 Å². The van der Waals surface area contributed by atoms with Crippen molar-refractivity contribution in [3.8, 4) is 0 Å². The lowest BCUT2D eigenvalue weighted by atomic mass is 10.00. The van der Waals surface area contributed by atoms with Crippen LogP contribution >= 0.6 is 23.2 Å². The quantitative estimate of drug-likeness (QED) is 0.932. The first-order valence-electron chi connectivity index (χ1n) is 7.20. The Bertz CT molecular complexity index is 693. The fourth-order valence-corrected chi connectivity index (χ4v) is 3.44. The average Bonchev–Trinajstić information content (AvgIpc) is 3.08. The first-order valence-corrected chi connectivity index (χ1v) is 7.96. The molecule has 1 aromatic carbocycles. The van der Waals surface area contributed by atoms with Crippen molar-refractivity contribution >= 4 is 29.1 Å². The smallest absolute Gasteiger partial charge is 0.227 e. The van der Waals surface area contributed by atoms with E-state index in [9.17, 15) is 4.79 Å². The van der Waals surface area contributed by atoms with E-state index in [1.54, 1.807) is 25.1 Å². The van der Waals surface area contributed by atoms with Gasteiger partial charge in [0.1, 0.15) is 5.82 Å². The van der Waals surface area contributed by atoms with Crippen LogP contribution in [0.2, 0.25) is 10.0 Å². The topological polar surface area (TPSA) is 59.8 Å². The van der Waals surface area contributed by atoms with Crippen LogP contribution in [0, 0.1) is 0 Å². The molecular weight excluding hydrogens is 323 g/mol. The second-order valence-electron chi connectivity index (χ2n) is 5.36. The van der Waals surface area contributed by atoms with Crippen LogP contribution in [0.4, 0.5) is 0 Å². The summed E-state index contributed by atoms with van der Waals surface area (Å²) >= 11 is 12.3. The third-order valence-electron chi connectivity index (χ3n) is 3.93. The molecule has 1 aromatic heterocycles. The highest BCUT2D eigenvalue weighted by atomic mass is 35.5. The molecule has 22 heavy (non-hydrogen) atoms. The predicted octanol–water partition coefficient (Wildman–Crippen LogP) is 2.95. The van der Waals surface area contributed by atoms with E-state index >= 15 is 0 Å². The zero-order valence-electron chi connectivity index (χ0n) is 12.1. The number of amides is 1. The first kappa shape index (κ1) is 15.3. The number of rotatable bonds is 4. The molecule has 116 valence electrons. The van der Waals surface area contributed by atoms with Crippen molar-refractivity contribution in [2.24, 2.45) is 0 Å². The molecule has 2 aromatic rings. The molecule has 0 saturated carbocycles. The lowest BCUT2D eigenvalue weighted by molar-refractivity contribution is -0.122. The van der Waals surface area contributed by atoms with E-state index in [0.29, 0.717) is 22.2 Å². The third-order valence-corrected chi connectivity index (χ3v) is 4.59. The van der Waals surface area contributed by atoms with Crippen molar-refractivity contribution in [2.75, 3.05) is 0 Å². The Morgan fingerprint density at radius 3 is 2.82 bits per heavy atom. The number of nitrogens with one attached hydrogen (secondary N) is 1. The second kappa shape index (κ2) is 6.26. The van der Waals surface area contributed by atoms with Gasteiger partial charge in [-0.3, -0.25) is 4.79 Å². The molecule has 0 fully saturated rings. The fourth-order valence-electron chi connectivity index (χ4n) is 2.72. The van der Waals surface area contributed by atoms with Crippen LogP contribution in [0.1, 0.15) is 36.5 Å². The minimum absolute atomic E-state index is 0.134. The highest BCUT2D eigenvalue weighted by Gasteiger charge is 2.22. The zero-order chi connectivity index (χ0) is 15.7. The van der Waals surface area contributed by atoms with Gasteiger partial charge in [0.25, 0.3) is 0 Å². The summed E-state index contributed by atoms with van der Waals surface area (Å²) in [5, 5.41) is 12.1. The molecule has 1 unspecified atom stereocenters. The van der Waals surface area contributed by atoms with Crippen molar-refractivity contribution in [1.82, 2.24) is 20.1 Å². The van der Waals surface area contributed by atoms with E-state index < -0.39 is 5.92 Å². The Balaban J connectivity index is 1.69. The van der Waals surface area contributed by atoms with Crippen molar-refractivity contribution in [1.29, 1.82) is 0 Å². The number of aromatic nitrogens is 3. The van der Waals surface area contributed by atoms with Gasteiger partial charge in [-0.25, -0.2) is 0 Å². The number of halogens is 2. The monoisotopic (exact) mass is 338 g/mol. The van der Waals surface area contributed by atoms with E-state index in [4.69, 9.17) is 23.2 Å². The average molecular weight is 339 g/mol. The Morgan fingerprint density at radius 1 is 1.36 bits per heavy atom. The van der Waals surface area contributed by atoms with Gasteiger partial charge in [-0.2, -0.15) is 0 Å². The molecule has 0 aliphatic carbocycles. The van der Waals surface area contributed by atoms with Gasteiger partial charge < -0.3 is 9.88 Å². The van der Waals surface area contributed by atoms with Crippen LogP contribution in [0.25, 0.3) is 0 Å². The SMILES string of the molecule is CC(C(=O)NCc1nnc2n1CCC2)c1c(Cl)cccc1Cl. The van der Waals surface area contributed by atoms with Crippen molar-refractivity contribution in [3.05, 3.63) is 45.5 Å². The van der Waals surface area contributed by atoms with E-state index in [0.717, 1.165) is 31.0 Å². The summed E-state index contributed by atoms with van der Waals surface area (Å²) in [6.07, 6.45) is 2.03. The normalized spacial score (nSPS) is 14.7. The molecule has 7 heteroatoms. The highest BCUT2D eigenvalue weighted by Crippen LogP contribution is 2.31. The Labute approximate surface area is 138 Å². The largest absolute Gasteiger partial charge is 0.348 e. The van der Waals surface area contributed by atoms with Gasteiger partial charge >= 0.3 is 0 Å². The molecule has 3 rings (SSSR count). The zero-order valence-corrected chi connectivity index (χ0v) is 13.7. The lowest BCUT2D eigenvalue weighted by Crippen LogP contribution is -2.29. The predicted molar refractivity (Wildman–Crippen MR) is 85.1 cm³/mol. The molecule has 0 saturated heterocycles. The van der Waals surface area contributed by atoms with Crippen molar-refractivity contribution in [2.45, 2.75) is 38.8 Å². The molecule has 1 N–H and O–H groups in total. The van der Waals surface area contributed by atoms with Crippen molar-refractivity contribution < 1.29 is 4.79 Å². The van der Waals surface area contributed by atoms with Gasteiger partial charge in [-0.1, -0.05) is 29.3 Å². The Hall–Kier alpha value is -1.59. The molecule has 2 heterocycles.